The van der Waals surface area contributed by atoms with Gasteiger partial charge in [-0.05, 0) is 38.0 Å². The summed E-state index contributed by atoms with van der Waals surface area (Å²) < 4.78 is 0. The number of likely N-dealkylation sites (tertiary alicyclic amines) is 1. The molecule has 0 aromatic rings. The molecule has 0 bridgehead atoms. The zero-order chi connectivity index (χ0) is 14.3. The lowest BCUT2D eigenvalue weighted by atomic mass is 9.95. The molecule has 3 atom stereocenters. The average Bonchev–Trinajstić information content (AvgIpc) is 2.87. The lowest BCUT2D eigenvalue weighted by Crippen LogP contribution is -2.52. The SMILES string of the molecule is CCCC(C)C1CCCN1C(O)N(CCC)CCC. The largest absolute Gasteiger partial charge is 0.365 e. The second-order valence-corrected chi connectivity index (χ2v) is 6.10. The van der Waals surface area contributed by atoms with E-state index in [2.05, 4.69) is 37.5 Å². The predicted octanol–water partition coefficient (Wildman–Crippen LogP) is 3.28. The Morgan fingerprint density at radius 2 is 1.79 bits per heavy atom. The van der Waals surface area contributed by atoms with Gasteiger partial charge in [0.25, 0.3) is 0 Å². The monoisotopic (exact) mass is 270 g/mol. The zero-order valence-corrected chi connectivity index (χ0v) is 13.4. The van der Waals surface area contributed by atoms with Gasteiger partial charge in [0.15, 0.2) is 6.35 Å². The molecule has 19 heavy (non-hydrogen) atoms. The molecular weight excluding hydrogens is 236 g/mol. The summed E-state index contributed by atoms with van der Waals surface area (Å²) in [6.45, 7) is 12.0. The highest BCUT2D eigenvalue weighted by Gasteiger charge is 2.34. The number of aliphatic hydroxyl groups is 1. The Morgan fingerprint density at radius 1 is 1.16 bits per heavy atom. The fourth-order valence-electron chi connectivity index (χ4n) is 3.49. The summed E-state index contributed by atoms with van der Waals surface area (Å²) >= 11 is 0. The third kappa shape index (κ3) is 4.73. The van der Waals surface area contributed by atoms with Crippen molar-refractivity contribution in [2.45, 2.75) is 78.6 Å². The Labute approximate surface area is 120 Å². The normalized spacial score (nSPS) is 24.0. The maximum atomic E-state index is 10.7. The molecule has 0 radical (unpaired) electrons. The van der Waals surface area contributed by atoms with Gasteiger partial charge in [-0.3, -0.25) is 9.80 Å². The van der Waals surface area contributed by atoms with Gasteiger partial charge in [0.05, 0.1) is 0 Å². The van der Waals surface area contributed by atoms with Gasteiger partial charge < -0.3 is 5.11 Å². The summed E-state index contributed by atoms with van der Waals surface area (Å²) in [5, 5.41) is 10.7. The minimum Gasteiger partial charge on any atom is -0.365 e. The second kappa shape index (κ2) is 8.93. The van der Waals surface area contributed by atoms with E-state index in [0.29, 0.717) is 12.0 Å². The molecule has 1 fully saturated rings. The van der Waals surface area contributed by atoms with E-state index < -0.39 is 0 Å². The quantitative estimate of drug-likeness (QED) is 0.651. The maximum absolute atomic E-state index is 10.7. The van der Waals surface area contributed by atoms with Crippen molar-refractivity contribution in [2.75, 3.05) is 19.6 Å². The van der Waals surface area contributed by atoms with E-state index >= 15 is 0 Å². The molecule has 0 saturated carbocycles. The van der Waals surface area contributed by atoms with Crippen molar-refractivity contribution in [3.8, 4) is 0 Å². The first-order valence-electron chi connectivity index (χ1n) is 8.33. The number of aliphatic hydroxyl groups excluding tert-OH is 1. The van der Waals surface area contributed by atoms with Crippen LogP contribution in [0.15, 0.2) is 0 Å². The van der Waals surface area contributed by atoms with Crippen LogP contribution in [0.1, 0.15) is 66.2 Å². The zero-order valence-electron chi connectivity index (χ0n) is 13.4. The van der Waals surface area contributed by atoms with Crippen molar-refractivity contribution in [3.63, 3.8) is 0 Å². The van der Waals surface area contributed by atoms with Crippen LogP contribution < -0.4 is 0 Å². The fraction of sp³-hybridized carbons (Fsp3) is 1.00. The van der Waals surface area contributed by atoms with Crippen LogP contribution in [0.3, 0.4) is 0 Å². The van der Waals surface area contributed by atoms with E-state index in [9.17, 15) is 5.11 Å². The van der Waals surface area contributed by atoms with Gasteiger partial charge >= 0.3 is 0 Å². The first kappa shape index (κ1) is 16.9. The molecule has 0 amide bonds. The molecule has 3 heteroatoms. The molecule has 0 aliphatic carbocycles. The third-order valence-corrected chi connectivity index (χ3v) is 4.39. The van der Waals surface area contributed by atoms with Crippen LogP contribution in [0.2, 0.25) is 0 Å². The van der Waals surface area contributed by atoms with Crippen LogP contribution >= 0.6 is 0 Å². The van der Waals surface area contributed by atoms with E-state index in [4.69, 9.17) is 0 Å². The van der Waals surface area contributed by atoms with Crippen molar-refractivity contribution < 1.29 is 5.11 Å². The van der Waals surface area contributed by atoms with E-state index in [1.165, 1.54) is 25.7 Å². The van der Waals surface area contributed by atoms with Gasteiger partial charge in [0, 0.05) is 25.7 Å². The highest BCUT2D eigenvalue weighted by molar-refractivity contribution is 4.84. The summed E-state index contributed by atoms with van der Waals surface area (Å²) in [7, 11) is 0. The van der Waals surface area contributed by atoms with Crippen LogP contribution in [0.25, 0.3) is 0 Å². The maximum Gasteiger partial charge on any atom is 0.165 e. The summed E-state index contributed by atoms with van der Waals surface area (Å²) in [6, 6.07) is 0.575. The van der Waals surface area contributed by atoms with Gasteiger partial charge in [-0.2, -0.15) is 0 Å². The Hall–Kier alpha value is -0.120. The van der Waals surface area contributed by atoms with Crippen molar-refractivity contribution in [3.05, 3.63) is 0 Å². The summed E-state index contributed by atoms with van der Waals surface area (Å²) in [6.07, 6.45) is 6.86. The molecule has 1 aliphatic heterocycles. The van der Waals surface area contributed by atoms with Gasteiger partial charge in [-0.15, -0.1) is 0 Å². The van der Waals surface area contributed by atoms with Crippen LogP contribution in [0.5, 0.6) is 0 Å². The first-order valence-corrected chi connectivity index (χ1v) is 8.33. The molecule has 3 unspecified atom stereocenters. The van der Waals surface area contributed by atoms with E-state index in [1.807, 2.05) is 0 Å². The fourth-order valence-corrected chi connectivity index (χ4v) is 3.49. The first-order chi connectivity index (χ1) is 9.15. The molecule has 114 valence electrons. The molecule has 0 aromatic carbocycles. The van der Waals surface area contributed by atoms with Gasteiger partial charge in [0.2, 0.25) is 0 Å². The lowest BCUT2D eigenvalue weighted by molar-refractivity contribution is -0.124. The summed E-state index contributed by atoms with van der Waals surface area (Å²) in [5.74, 6) is 0.701. The summed E-state index contributed by atoms with van der Waals surface area (Å²) in [4.78, 5) is 4.60. The predicted molar refractivity (Wildman–Crippen MR) is 82.0 cm³/mol. The Kier molecular flexibility index (Phi) is 7.96. The van der Waals surface area contributed by atoms with E-state index in [0.717, 1.165) is 32.5 Å². The Morgan fingerprint density at radius 3 is 2.32 bits per heavy atom. The van der Waals surface area contributed by atoms with Crippen LogP contribution in [-0.4, -0.2) is 46.9 Å². The van der Waals surface area contributed by atoms with Crippen molar-refractivity contribution >= 4 is 0 Å². The van der Waals surface area contributed by atoms with Crippen LogP contribution in [0.4, 0.5) is 0 Å². The molecule has 1 saturated heterocycles. The molecule has 1 heterocycles. The molecule has 1 N–H and O–H groups in total. The van der Waals surface area contributed by atoms with Gasteiger partial charge in [0.1, 0.15) is 0 Å². The van der Waals surface area contributed by atoms with Crippen molar-refractivity contribution in [1.29, 1.82) is 0 Å². The number of rotatable bonds is 9. The average molecular weight is 270 g/mol. The van der Waals surface area contributed by atoms with Crippen molar-refractivity contribution in [1.82, 2.24) is 9.80 Å². The standard InChI is InChI=1S/C16H34N2O/c1-5-9-14(4)15-10-8-13-18(15)16(19)17(11-6-2)12-7-3/h14-16,19H,5-13H2,1-4H3. The smallest absolute Gasteiger partial charge is 0.165 e. The minimum absolute atomic E-state index is 0.369. The topological polar surface area (TPSA) is 26.7 Å². The molecular formula is C16H34N2O. The van der Waals surface area contributed by atoms with Gasteiger partial charge in [-0.1, -0.05) is 34.1 Å². The molecule has 0 spiro atoms. The molecule has 3 nitrogen and oxygen atoms in total. The second-order valence-electron chi connectivity index (χ2n) is 6.10. The molecule has 1 aliphatic rings. The third-order valence-electron chi connectivity index (χ3n) is 4.39. The highest BCUT2D eigenvalue weighted by atomic mass is 16.3. The minimum atomic E-state index is -0.369. The van der Waals surface area contributed by atoms with Crippen LogP contribution in [-0.2, 0) is 0 Å². The number of nitrogens with zero attached hydrogens (tertiary/aromatic N) is 2. The van der Waals surface area contributed by atoms with Crippen molar-refractivity contribution in [2.24, 2.45) is 5.92 Å². The van der Waals surface area contributed by atoms with Crippen LogP contribution in [0, 0.1) is 5.92 Å². The lowest BCUT2D eigenvalue weighted by Gasteiger charge is -2.39. The highest BCUT2D eigenvalue weighted by Crippen LogP contribution is 2.29. The molecule has 0 aromatic heterocycles. The Bertz CT molecular complexity index is 229. The van der Waals surface area contributed by atoms with Gasteiger partial charge in [-0.25, -0.2) is 0 Å². The summed E-state index contributed by atoms with van der Waals surface area (Å²) in [5.41, 5.74) is 0. The number of hydrogen-bond acceptors (Lipinski definition) is 3. The van der Waals surface area contributed by atoms with E-state index in [1.54, 1.807) is 0 Å². The number of hydrogen-bond donors (Lipinski definition) is 1. The Balaban J connectivity index is 2.63. The van der Waals surface area contributed by atoms with E-state index in [-0.39, 0.29) is 6.35 Å². The molecule has 1 rings (SSSR count).